The third kappa shape index (κ3) is 3.16. The van der Waals surface area contributed by atoms with Crippen molar-refractivity contribution in [2.75, 3.05) is 0 Å². The van der Waals surface area contributed by atoms with Crippen molar-refractivity contribution in [1.29, 1.82) is 0 Å². The van der Waals surface area contributed by atoms with Gasteiger partial charge in [0.2, 0.25) is 0 Å². The van der Waals surface area contributed by atoms with Gasteiger partial charge in [0.05, 0.1) is 5.69 Å². The molecule has 0 amide bonds. The second-order valence-corrected chi connectivity index (χ2v) is 5.98. The number of pyridine rings is 1. The zero-order chi connectivity index (χ0) is 15.5. The number of halogens is 2. The fourth-order valence-electron chi connectivity index (χ4n) is 2.39. The summed E-state index contributed by atoms with van der Waals surface area (Å²) in [5, 5.41) is 1.46. The van der Waals surface area contributed by atoms with Crippen LogP contribution >= 0.6 is 23.2 Å². The summed E-state index contributed by atoms with van der Waals surface area (Å²) < 4.78 is 0. The molecule has 0 saturated carbocycles. The van der Waals surface area contributed by atoms with E-state index in [1.807, 2.05) is 54.7 Å². The highest BCUT2D eigenvalue weighted by Gasteiger charge is 2.10. The predicted octanol–water partition coefficient (Wildman–Crippen LogP) is 6.28. The molecule has 1 heterocycles. The van der Waals surface area contributed by atoms with Crippen molar-refractivity contribution >= 4 is 23.2 Å². The van der Waals surface area contributed by atoms with E-state index in [1.165, 1.54) is 5.56 Å². The zero-order valence-corrected chi connectivity index (χ0v) is 13.7. The zero-order valence-electron chi connectivity index (χ0n) is 12.2. The quantitative estimate of drug-likeness (QED) is 0.551. The van der Waals surface area contributed by atoms with Gasteiger partial charge in [-0.1, -0.05) is 54.4 Å². The second kappa shape index (κ2) is 6.51. The first-order valence-electron chi connectivity index (χ1n) is 7.18. The molecule has 1 nitrogen and oxygen atoms in total. The van der Waals surface area contributed by atoms with E-state index in [-0.39, 0.29) is 0 Å². The Morgan fingerprint density at radius 3 is 1.91 bits per heavy atom. The number of benzene rings is 2. The van der Waals surface area contributed by atoms with E-state index in [9.17, 15) is 0 Å². The normalized spacial score (nSPS) is 10.7. The van der Waals surface area contributed by atoms with Crippen molar-refractivity contribution in [2.24, 2.45) is 0 Å². The number of hydrogen-bond donors (Lipinski definition) is 0. The first-order valence-corrected chi connectivity index (χ1v) is 7.94. The molecule has 22 heavy (non-hydrogen) atoms. The Bertz CT molecular complexity index is 778. The number of rotatable bonds is 3. The molecule has 3 aromatic rings. The van der Waals surface area contributed by atoms with Gasteiger partial charge >= 0.3 is 0 Å². The average molecular weight is 328 g/mol. The Morgan fingerprint density at radius 1 is 0.818 bits per heavy atom. The molecular formula is C19H15Cl2N. The minimum atomic E-state index is 0.724. The Labute approximate surface area is 140 Å². The number of aromatic nitrogens is 1. The van der Waals surface area contributed by atoms with E-state index in [1.54, 1.807) is 0 Å². The van der Waals surface area contributed by atoms with Crippen molar-refractivity contribution in [3.8, 4) is 22.4 Å². The summed E-state index contributed by atoms with van der Waals surface area (Å²) in [5.74, 6) is 0. The number of aryl methyl sites for hydroxylation is 1. The van der Waals surface area contributed by atoms with Crippen LogP contribution in [0.25, 0.3) is 22.4 Å². The van der Waals surface area contributed by atoms with Crippen LogP contribution in [0.4, 0.5) is 0 Å². The molecule has 0 spiro atoms. The van der Waals surface area contributed by atoms with Crippen LogP contribution in [0.5, 0.6) is 0 Å². The van der Waals surface area contributed by atoms with E-state index >= 15 is 0 Å². The highest BCUT2D eigenvalue weighted by atomic mass is 35.5. The summed E-state index contributed by atoms with van der Waals surface area (Å²) in [5.41, 5.74) is 5.44. The van der Waals surface area contributed by atoms with Gasteiger partial charge in [-0.25, -0.2) is 0 Å². The van der Waals surface area contributed by atoms with Crippen LogP contribution in [0.2, 0.25) is 10.0 Å². The maximum Gasteiger partial charge on any atom is 0.0780 e. The Morgan fingerprint density at radius 2 is 1.36 bits per heavy atom. The van der Waals surface area contributed by atoms with Gasteiger partial charge in [-0.05, 0) is 47.9 Å². The lowest BCUT2D eigenvalue weighted by Crippen LogP contribution is -1.92. The van der Waals surface area contributed by atoms with Crippen molar-refractivity contribution < 1.29 is 0 Å². The third-order valence-electron chi connectivity index (χ3n) is 3.63. The monoisotopic (exact) mass is 327 g/mol. The first kappa shape index (κ1) is 15.1. The van der Waals surface area contributed by atoms with Gasteiger partial charge in [-0.3, -0.25) is 4.98 Å². The fraction of sp³-hybridized carbons (Fsp3) is 0.105. The van der Waals surface area contributed by atoms with Gasteiger partial charge in [0.15, 0.2) is 0 Å². The highest BCUT2D eigenvalue weighted by Crippen LogP contribution is 2.32. The van der Waals surface area contributed by atoms with E-state index < -0.39 is 0 Å². The summed E-state index contributed by atoms with van der Waals surface area (Å²) in [6.45, 7) is 2.13. The maximum atomic E-state index is 6.00. The smallest absolute Gasteiger partial charge is 0.0780 e. The summed E-state index contributed by atoms with van der Waals surface area (Å²) in [7, 11) is 0. The lowest BCUT2D eigenvalue weighted by atomic mass is 9.97. The molecule has 0 unspecified atom stereocenters. The van der Waals surface area contributed by atoms with Crippen molar-refractivity contribution in [2.45, 2.75) is 13.3 Å². The van der Waals surface area contributed by atoms with E-state index in [2.05, 4.69) is 18.0 Å². The SMILES string of the molecule is CCc1cnc(-c2ccc(Cl)cc2)c(-c2ccc(Cl)cc2)c1. The molecule has 3 heteroatoms. The van der Waals surface area contributed by atoms with Crippen molar-refractivity contribution in [3.05, 3.63) is 76.4 Å². The molecule has 0 radical (unpaired) electrons. The molecule has 3 rings (SSSR count). The van der Waals surface area contributed by atoms with Gasteiger partial charge in [0.25, 0.3) is 0 Å². The Kier molecular flexibility index (Phi) is 4.47. The van der Waals surface area contributed by atoms with E-state index in [4.69, 9.17) is 23.2 Å². The topological polar surface area (TPSA) is 12.9 Å². The van der Waals surface area contributed by atoms with Crippen LogP contribution < -0.4 is 0 Å². The van der Waals surface area contributed by atoms with Gasteiger partial charge in [0, 0.05) is 27.4 Å². The van der Waals surface area contributed by atoms with Crippen LogP contribution in [0.3, 0.4) is 0 Å². The minimum absolute atomic E-state index is 0.724. The number of hydrogen-bond acceptors (Lipinski definition) is 1. The minimum Gasteiger partial charge on any atom is -0.255 e. The summed E-state index contributed by atoms with van der Waals surface area (Å²) in [6.07, 6.45) is 2.89. The van der Waals surface area contributed by atoms with Gasteiger partial charge < -0.3 is 0 Å². The first-order chi connectivity index (χ1) is 10.7. The van der Waals surface area contributed by atoms with Crippen LogP contribution in [-0.2, 0) is 6.42 Å². The van der Waals surface area contributed by atoms with Crippen LogP contribution in [-0.4, -0.2) is 4.98 Å². The third-order valence-corrected chi connectivity index (χ3v) is 4.13. The fourth-order valence-corrected chi connectivity index (χ4v) is 2.64. The molecule has 0 fully saturated rings. The van der Waals surface area contributed by atoms with E-state index in [0.717, 1.165) is 38.9 Å². The molecule has 0 atom stereocenters. The number of nitrogens with zero attached hydrogens (tertiary/aromatic N) is 1. The molecular weight excluding hydrogens is 313 g/mol. The van der Waals surface area contributed by atoms with Crippen molar-refractivity contribution in [1.82, 2.24) is 4.98 Å². The molecule has 0 N–H and O–H groups in total. The predicted molar refractivity (Wildman–Crippen MR) is 94.5 cm³/mol. The van der Waals surface area contributed by atoms with Crippen molar-refractivity contribution in [3.63, 3.8) is 0 Å². The van der Waals surface area contributed by atoms with E-state index in [0.29, 0.717) is 0 Å². The molecule has 2 aromatic carbocycles. The van der Waals surface area contributed by atoms with Crippen LogP contribution in [0.1, 0.15) is 12.5 Å². The van der Waals surface area contributed by atoms with Crippen LogP contribution in [0, 0.1) is 0 Å². The molecule has 0 aliphatic heterocycles. The van der Waals surface area contributed by atoms with Gasteiger partial charge in [0.1, 0.15) is 0 Å². The Hall–Kier alpha value is -1.83. The average Bonchev–Trinajstić information content (AvgIpc) is 2.56. The highest BCUT2D eigenvalue weighted by molar-refractivity contribution is 6.31. The van der Waals surface area contributed by atoms with Gasteiger partial charge in [-0.2, -0.15) is 0 Å². The largest absolute Gasteiger partial charge is 0.255 e. The lowest BCUT2D eigenvalue weighted by Gasteiger charge is -2.11. The molecule has 0 bridgehead atoms. The second-order valence-electron chi connectivity index (χ2n) is 5.11. The maximum absolute atomic E-state index is 6.00. The summed E-state index contributed by atoms with van der Waals surface area (Å²) >= 11 is 12.0. The molecule has 0 aliphatic carbocycles. The standard InChI is InChI=1S/C19H15Cl2N/c1-2-13-11-18(14-3-7-16(20)8-4-14)19(22-12-13)15-5-9-17(21)10-6-15/h3-12H,2H2,1H3. The van der Waals surface area contributed by atoms with Gasteiger partial charge in [-0.15, -0.1) is 0 Å². The Balaban J connectivity index is 2.17. The van der Waals surface area contributed by atoms with Crippen LogP contribution in [0.15, 0.2) is 60.8 Å². The summed E-state index contributed by atoms with van der Waals surface area (Å²) in [4.78, 5) is 4.67. The molecule has 110 valence electrons. The molecule has 0 aliphatic rings. The lowest BCUT2D eigenvalue weighted by molar-refractivity contribution is 1.11. The molecule has 1 aromatic heterocycles. The molecule has 0 saturated heterocycles. The summed E-state index contributed by atoms with van der Waals surface area (Å²) in [6, 6.07) is 17.8.